The summed E-state index contributed by atoms with van der Waals surface area (Å²) in [7, 11) is 0. The normalized spacial score (nSPS) is 17.8. The highest BCUT2D eigenvalue weighted by Crippen LogP contribution is 2.25. The Morgan fingerprint density at radius 3 is 2.67 bits per heavy atom. The van der Waals surface area contributed by atoms with E-state index in [2.05, 4.69) is 4.98 Å². The molecule has 0 N–H and O–H groups in total. The van der Waals surface area contributed by atoms with Gasteiger partial charge in [0.2, 0.25) is 11.8 Å². The molecule has 3 rings (SSSR count). The van der Waals surface area contributed by atoms with E-state index < -0.39 is 0 Å². The Balaban J connectivity index is 1.68. The van der Waals surface area contributed by atoms with E-state index >= 15 is 0 Å². The van der Waals surface area contributed by atoms with Crippen LogP contribution in [0, 0.1) is 0 Å². The van der Waals surface area contributed by atoms with Crippen molar-refractivity contribution in [3.8, 4) is 0 Å². The van der Waals surface area contributed by atoms with E-state index in [0.29, 0.717) is 32.6 Å². The number of piperazine rings is 1. The summed E-state index contributed by atoms with van der Waals surface area (Å²) in [5.41, 5.74) is 1.07. The van der Waals surface area contributed by atoms with Crippen molar-refractivity contribution >= 4 is 11.8 Å². The van der Waals surface area contributed by atoms with Gasteiger partial charge in [-0.25, -0.2) is 4.98 Å². The second-order valence-corrected chi connectivity index (χ2v) is 6.03. The molecule has 1 aromatic carbocycles. The molecule has 1 fully saturated rings. The Kier molecular flexibility index (Phi) is 4.93. The third-order valence-electron chi connectivity index (χ3n) is 4.46. The van der Waals surface area contributed by atoms with Gasteiger partial charge in [0.25, 0.3) is 0 Å². The summed E-state index contributed by atoms with van der Waals surface area (Å²) in [6.45, 7) is 3.93. The lowest BCUT2D eigenvalue weighted by Crippen LogP contribution is -2.51. The maximum absolute atomic E-state index is 12.5. The van der Waals surface area contributed by atoms with Crippen LogP contribution in [0.25, 0.3) is 0 Å². The highest BCUT2D eigenvalue weighted by molar-refractivity contribution is 5.78. The van der Waals surface area contributed by atoms with Crippen molar-refractivity contribution in [1.82, 2.24) is 19.4 Å². The van der Waals surface area contributed by atoms with Crippen molar-refractivity contribution in [3.63, 3.8) is 0 Å². The van der Waals surface area contributed by atoms with Crippen LogP contribution in [-0.4, -0.2) is 50.8 Å². The van der Waals surface area contributed by atoms with Crippen LogP contribution in [0.4, 0.5) is 0 Å². The SMILES string of the molecule is CC(=O)N1CCN(C(=O)CCn2ccnc2)C[C@@H]1c1ccccc1. The minimum atomic E-state index is -0.0744. The van der Waals surface area contributed by atoms with Crippen LogP contribution in [0.5, 0.6) is 0 Å². The van der Waals surface area contributed by atoms with Gasteiger partial charge in [-0.15, -0.1) is 0 Å². The van der Waals surface area contributed by atoms with E-state index in [1.54, 1.807) is 19.4 Å². The second-order valence-electron chi connectivity index (χ2n) is 6.03. The average Bonchev–Trinajstić information content (AvgIpc) is 3.13. The molecule has 1 aliphatic rings. The van der Waals surface area contributed by atoms with Gasteiger partial charge in [0, 0.05) is 51.9 Å². The average molecular weight is 326 g/mol. The smallest absolute Gasteiger partial charge is 0.224 e. The number of rotatable bonds is 4. The topological polar surface area (TPSA) is 58.4 Å². The molecule has 1 aromatic heterocycles. The lowest BCUT2D eigenvalue weighted by molar-refractivity contribution is -0.142. The molecule has 0 unspecified atom stereocenters. The summed E-state index contributed by atoms with van der Waals surface area (Å²) in [4.78, 5) is 32.2. The van der Waals surface area contributed by atoms with Crippen LogP contribution in [-0.2, 0) is 16.1 Å². The molecule has 2 heterocycles. The molecule has 0 radical (unpaired) electrons. The van der Waals surface area contributed by atoms with E-state index in [-0.39, 0.29) is 17.9 Å². The third kappa shape index (κ3) is 3.64. The number of amides is 2. The van der Waals surface area contributed by atoms with Crippen molar-refractivity contribution in [3.05, 3.63) is 54.6 Å². The number of hydrogen-bond acceptors (Lipinski definition) is 3. The Labute approximate surface area is 141 Å². The minimum Gasteiger partial charge on any atom is -0.338 e. The van der Waals surface area contributed by atoms with E-state index in [4.69, 9.17) is 0 Å². The molecule has 0 saturated carbocycles. The zero-order chi connectivity index (χ0) is 16.9. The van der Waals surface area contributed by atoms with E-state index in [9.17, 15) is 9.59 Å². The van der Waals surface area contributed by atoms with Crippen LogP contribution < -0.4 is 0 Å². The Morgan fingerprint density at radius 1 is 1.21 bits per heavy atom. The molecule has 0 spiro atoms. The first-order valence-electron chi connectivity index (χ1n) is 8.21. The second kappa shape index (κ2) is 7.29. The largest absolute Gasteiger partial charge is 0.338 e. The Morgan fingerprint density at radius 2 is 2.00 bits per heavy atom. The van der Waals surface area contributed by atoms with E-state index in [0.717, 1.165) is 5.56 Å². The lowest BCUT2D eigenvalue weighted by atomic mass is 10.0. The van der Waals surface area contributed by atoms with Gasteiger partial charge in [-0.05, 0) is 5.56 Å². The van der Waals surface area contributed by atoms with Crippen molar-refractivity contribution in [2.24, 2.45) is 0 Å². The van der Waals surface area contributed by atoms with E-state index in [1.807, 2.05) is 50.9 Å². The third-order valence-corrected chi connectivity index (χ3v) is 4.46. The predicted molar refractivity (Wildman–Crippen MR) is 90.0 cm³/mol. The number of hydrogen-bond donors (Lipinski definition) is 0. The fourth-order valence-corrected chi connectivity index (χ4v) is 3.15. The van der Waals surface area contributed by atoms with Gasteiger partial charge in [0.15, 0.2) is 0 Å². The van der Waals surface area contributed by atoms with Gasteiger partial charge < -0.3 is 14.4 Å². The first kappa shape index (κ1) is 16.2. The molecule has 6 nitrogen and oxygen atoms in total. The standard InChI is InChI=1S/C18H22N4O2/c1-15(23)22-12-11-21(13-17(22)16-5-3-2-4-6-16)18(24)7-9-20-10-8-19-14-20/h2-6,8,10,14,17H,7,9,11-13H2,1H3/t17-/m1/s1. The molecule has 1 aliphatic heterocycles. The number of carbonyl (C=O) groups is 2. The summed E-state index contributed by atoms with van der Waals surface area (Å²) in [6, 6.07) is 9.84. The van der Waals surface area contributed by atoms with Crippen LogP contribution in [0.15, 0.2) is 49.1 Å². The van der Waals surface area contributed by atoms with Crippen LogP contribution in [0.2, 0.25) is 0 Å². The number of benzene rings is 1. The van der Waals surface area contributed by atoms with E-state index in [1.165, 1.54) is 0 Å². The van der Waals surface area contributed by atoms with Crippen molar-refractivity contribution in [2.45, 2.75) is 25.9 Å². The summed E-state index contributed by atoms with van der Waals surface area (Å²) < 4.78 is 1.90. The minimum absolute atomic E-state index is 0.0503. The molecule has 0 bridgehead atoms. The quantitative estimate of drug-likeness (QED) is 0.859. The van der Waals surface area contributed by atoms with Gasteiger partial charge >= 0.3 is 0 Å². The zero-order valence-corrected chi connectivity index (χ0v) is 13.8. The van der Waals surface area contributed by atoms with Crippen LogP contribution in [0.3, 0.4) is 0 Å². The first-order valence-corrected chi connectivity index (χ1v) is 8.21. The molecule has 2 aromatic rings. The van der Waals surface area contributed by atoms with Crippen molar-refractivity contribution in [2.75, 3.05) is 19.6 Å². The van der Waals surface area contributed by atoms with Gasteiger partial charge in [0.1, 0.15) is 0 Å². The number of carbonyl (C=O) groups excluding carboxylic acids is 2. The van der Waals surface area contributed by atoms with Crippen molar-refractivity contribution < 1.29 is 9.59 Å². The number of aromatic nitrogens is 2. The van der Waals surface area contributed by atoms with Gasteiger partial charge in [-0.1, -0.05) is 30.3 Å². The summed E-state index contributed by atoms with van der Waals surface area (Å²) >= 11 is 0. The molecule has 2 amide bonds. The number of imidazole rings is 1. The fraction of sp³-hybridized carbons (Fsp3) is 0.389. The van der Waals surface area contributed by atoms with Gasteiger partial charge in [0.05, 0.1) is 12.4 Å². The summed E-state index contributed by atoms with van der Waals surface area (Å²) in [5, 5.41) is 0. The summed E-state index contributed by atoms with van der Waals surface area (Å²) in [5.74, 6) is 0.169. The molecule has 1 atom stereocenters. The molecular formula is C18H22N4O2. The number of nitrogens with zero attached hydrogens (tertiary/aromatic N) is 4. The highest BCUT2D eigenvalue weighted by Gasteiger charge is 2.31. The Hall–Kier alpha value is -2.63. The first-order chi connectivity index (χ1) is 11.6. The Bertz CT molecular complexity index is 684. The lowest BCUT2D eigenvalue weighted by Gasteiger charge is -2.41. The van der Waals surface area contributed by atoms with Crippen LogP contribution in [0.1, 0.15) is 24.9 Å². The van der Waals surface area contributed by atoms with Crippen LogP contribution >= 0.6 is 0 Å². The molecule has 24 heavy (non-hydrogen) atoms. The predicted octanol–water partition coefficient (Wildman–Crippen LogP) is 1.71. The zero-order valence-electron chi connectivity index (χ0n) is 13.8. The number of aryl methyl sites for hydroxylation is 1. The van der Waals surface area contributed by atoms with Gasteiger partial charge in [-0.2, -0.15) is 0 Å². The van der Waals surface area contributed by atoms with Gasteiger partial charge in [-0.3, -0.25) is 9.59 Å². The monoisotopic (exact) mass is 326 g/mol. The molecule has 0 aliphatic carbocycles. The fourth-order valence-electron chi connectivity index (χ4n) is 3.15. The van der Waals surface area contributed by atoms with Crippen molar-refractivity contribution in [1.29, 1.82) is 0 Å². The molecule has 6 heteroatoms. The molecule has 1 saturated heterocycles. The maximum Gasteiger partial charge on any atom is 0.224 e. The maximum atomic E-state index is 12.5. The summed E-state index contributed by atoms with van der Waals surface area (Å²) in [6.07, 6.45) is 5.72. The molecule has 126 valence electrons. The molecular weight excluding hydrogens is 304 g/mol. The highest BCUT2D eigenvalue weighted by atomic mass is 16.2.